The van der Waals surface area contributed by atoms with Crippen molar-refractivity contribution >= 4 is 71.5 Å². The zero-order valence-electron chi connectivity index (χ0n) is 22.4. The van der Waals surface area contributed by atoms with Crippen molar-refractivity contribution in [3.05, 3.63) is 78.2 Å². The normalized spacial score (nSPS) is 13.5. The van der Waals surface area contributed by atoms with Gasteiger partial charge in [-0.3, -0.25) is 4.55 Å². The average Bonchev–Trinajstić information content (AvgIpc) is 2.96. The molecule has 43 heavy (non-hydrogen) atoms. The second-order valence-electron chi connectivity index (χ2n) is 8.44. The standard InChI is InChI=1S/C26H23N5O9S3/c1-4-41(33)39-18-11-9-17(10-12-18)28-30-24-15(2)13-16-14-21(43(35,36)37)25(26(32)22(16)23(24)27)31-29-19-7-5-6-8-20(19)42(34)40-38-3/h4-14,32H,1,27H2,2-3H3,(H,35,36,37). The number of azo groups is 2. The predicted octanol–water partition coefficient (Wildman–Crippen LogP) is 6.30. The van der Waals surface area contributed by atoms with Gasteiger partial charge in [0.25, 0.3) is 10.1 Å². The Bertz CT molecular complexity index is 1930. The molecule has 17 heteroatoms. The van der Waals surface area contributed by atoms with Gasteiger partial charge in [0, 0.05) is 5.41 Å². The van der Waals surface area contributed by atoms with E-state index >= 15 is 0 Å². The summed E-state index contributed by atoms with van der Waals surface area (Å²) in [6.07, 6.45) is 0. The molecule has 0 heterocycles. The van der Waals surface area contributed by atoms with E-state index in [0.29, 0.717) is 17.0 Å². The summed E-state index contributed by atoms with van der Waals surface area (Å²) in [5, 5.41) is 28.6. The molecular formula is C26H23N5O9S3. The van der Waals surface area contributed by atoms with E-state index in [2.05, 4.69) is 36.3 Å². The zero-order valence-corrected chi connectivity index (χ0v) is 24.9. The smallest absolute Gasteiger partial charge is 0.296 e. The highest BCUT2D eigenvalue weighted by molar-refractivity contribution is 7.86. The molecule has 4 aromatic rings. The highest BCUT2D eigenvalue weighted by Crippen LogP contribution is 2.47. The summed E-state index contributed by atoms with van der Waals surface area (Å²) >= 11 is -3.80. The molecule has 0 amide bonds. The van der Waals surface area contributed by atoms with Crippen LogP contribution in [0.25, 0.3) is 10.8 Å². The molecule has 0 radical (unpaired) electrons. The number of phenolic OH excluding ortho intramolecular Hbond substituents is 1. The van der Waals surface area contributed by atoms with Crippen LogP contribution in [0.15, 0.2) is 103 Å². The van der Waals surface area contributed by atoms with Gasteiger partial charge in [-0.2, -0.15) is 13.5 Å². The van der Waals surface area contributed by atoms with Gasteiger partial charge in [0.15, 0.2) is 5.75 Å². The molecule has 0 aliphatic rings. The van der Waals surface area contributed by atoms with Crippen molar-refractivity contribution in [2.24, 2.45) is 20.5 Å². The maximum absolute atomic E-state index is 12.3. The van der Waals surface area contributed by atoms with Crippen molar-refractivity contribution in [1.82, 2.24) is 0 Å². The van der Waals surface area contributed by atoms with Gasteiger partial charge in [0.05, 0.1) is 28.8 Å². The van der Waals surface area contributed by atoms with E-state index in [1.165, 1.54) is 30.3 Å². The Hall–Kier alpha value is -4.39. The molecule has 0 aromatic heterocycles. The average molecular weight is 646 g/mol. The summed E-state index contributed by atoms with van der Waals surface area (Å²) in [6.45, 7) is 5.02. The van der Waals surface area contributed by atoms with Gasteiger partial charge in [-0.25, -0.2) is 13.3 Å². The number of nitrogens with zero attached hydrogens (tertiary/aromatic N) is 4. The van der Waals surface area contributed by atoms with Crippen LogP contribution in [0.4, 0.5) is 28.4 Å². The van der Waals surface area contributed by atoms with Crippen LogP contribution in [-0.2, 0) is 41.5 Å². The molecule has 2 atom stereocenters. The number of phenols is 1. The van der Waals surface area contributed by atoms with Crippen LogP contribution in [0.3, 0.4) is 0 Å². The number of hydrogen-bond acceptors (Lipinski definition) is 13. The van der Waals surface area contributed by atoms with E-state index in [-0.39, 0.29) is 32.7 Å². The van der Waals surface area contributed by atoms with Crippen LogP contribution >= 0.6 is 0 Å². The first-order valence-corrected chi connectivity index (χ1v) is 15.5. The maximum atomic E-state index is 12.3. The number of hydrogen-bond donors (Lipinski definition) is 3. The molecule has 0 saturated heterocycles. The van der Waals surface area contributed by atoms with E-state index in [9.17, 15) is 26.5 Å². The Morgan fingerprint density at radius 3 is 2.30 bits per heavy atom. The van der Waals surface area contributed by atoms with Crippen molar-refractivity contribution < 1.29 is 39.9 Å². The molecule has 0 fully saturated rings. The zero-order chi connectivity index (χ0) is 31.3. The van der Waals surface area contributed by atoms with Crippen molar-refractivity contribution in [2.45, 2.75) is 16.7 Å². The Morgan fingerprint density at radius 1 is 0.977 bits per heavy atom. The number of nitrogen functional groups attached to an aromatic ring is 1. The third-order valence-electron chi connectivity index (χ3n) is 5.67. The SMILES string of the molecule is C=CS(=O)Oc1ccc(N=Nc2c(C)cc3cc(S(=O)(=O)O)c(N=Nc4ccccc4S(=O)OOC)c(O)c3c2N)cc1. The second kappa shape index (κ2) is 13.3. The Morgan fingerprint density at radius 2 is 1.65 bits per heavy atom. The van der Waals surface area contributed by atoms with E-state index in [0.717, 1.165) is 18.6 Å². The highest BCUT2D eigenvalue weighted by atomic mass is 32.2. The second-order valence-corrected chi connectivity index (χ2v) is 11.9. The first-order chi connectivity index (χ1) is 20.4. The summed E-state index contributed by atoms with van der Waals surface area (Å²) in [7, 11) is -3.76. The summed E-state index contributed by atoms with van der Waals surface area (Å²) < 4.78 is 68.0. The monoisotopic (exact) mass is 645 g/mol. The number of rotatable bonds is 11. The molecule has 4 N–H and O–H groups in total. The molecule has 0 aliphatic carbocycles. The number of aryl methyl sites for hydroxylation is 1. The summed E-state index contributed by atoms with van der Waals surface area (Å²) in [5.41, 5.74) is 6.71. The van der Waals surface area contributed by atoms with Crippen LogP contribution in [0.2, 0.25) is 0 Å². The summed E-state index contributed by atoms with van der Waals surface area (Å²) in [4.78, 5) is 3.72. The van der Waals surface area contributed by atoms with Gasteiger partial charge in [0.1, 0.15) is 27.7 Å². The topological polar surface area (TPSA) is 212 Å². The lowest BCUT2D eigenvalue weighted by molar-refractivity contribution is -0.166. The fraction of sp³-hybridized carbons (Fsp3) is 0.0769. The minimum Gasteiger partial charge on any atom is -0.505 e. The van der Waals surface area contributed by atoms with Gasteiger partial charge >= 0.3 is 0 Å². The highest BCUT2D eigenvalue weighted by Gasteiger charge is 2.25. The van der Waals surface area contributed by atoms with Gasteiger partial charge < -0.3 is 15.0 Å². The summed E-state index contributed by atoms with van der Waals surface area (Å²) in [6, 6.07) is 14.7. The van der Waals surface area contributed by atoms with Crippen molar-refractivity contribution in [3.63, 3.8) is 0 Å². The van der Waals surface area contributed by atoms with Crippen molar-refractivity contribution in [3.8, 4) is 11.5 Å². The molecule has 2 unspecified atom stereocenters. The van der Waals surface area contributed by atoms with Crippen LogP contribution in [0, 0.1) is 6.92 Å². The molecule has 224 valence electrons. The van der Waals surface area contributed by atoms with Gasteiger partial charge in [-0.15, -0.1) is 19.7 Å². The lowest BCUT2D eigenvalue weighted by Crippen LogP contribution is -2.00. The maximum Gasteiger partial charge on any atom is 0.296 e. The van der Waals surface area contributed by atoms with Crippen LogP contribution < -0.4 is 9.92 Å². The Kier molecular flexibility index (Phi) is 9.74. The van der Waals surface area contributed by atoms with Gasteiger partial charge in [0.2, 0.25) is 22.2 Å². The minimum absolute atomic E-state index is 0.00260. The van der Waals surface area contributed by atoms with E-state index < -0.39 is 48.6 Å². The van der Waals surface area contributed by atoms with E-state index in [1.54, 1.807) is 31.2 Å². The van der Waals surface area contributed by atoms with Crippen LogP contribution in [0.1, 0.15) is 5.56 Å². The molecule has 4 rings (SSSR count). The minimum atomic E-state index is -4.92. The molecular weight excluding hydrogens is 623 g/mol. The molecule has 0 aliphatic heterocycles. The third-order valence-corrected chi connectivity index (χ3v) is 8.13. The lowest BCUT2D eigenvalue weighted by atomic mass is 10.0. The number of benzene rings is 4. The van der Waals surface area contributed by atoms with Crippen molar-refractivity contribution in [2.75, 3.05) is 12.8 Å². The quantitative estimate of drug-likeness (QED) is 0.0544. The van der Waals surface area contributed by atoms with Crippen LogP contribution in [0.5, 0.6) is 11.5 Å². The molecule has 0 bridgehead atoms. The summed E-state index contributed by atoms with van der Waals surface area (Å²) in [5.74, 6) is -0.397. The van der Waals surface area contributed by atoms with Gasteiger partial charge in [-0.1, -0.05) is 18.7 Å². The number of anilines is 1. The van der Waals surface area contributed by atoms with E-state index in [4.69, 9.17) is 9.92 Å². The van der Waals surface area contributed by atoms with E-state index in [1.807, 2.05) is 0 Å². The first-order valence-electron chi connectivity index (χ1n) is 11.9. The Balaban J connectivity index is 1.82. The molecule has 4 aromatic carbocycles. The molecule has 14 nitrogen and oxygen atoms in total. The number of nitrogens with two attached hydrogens (primary N) is 1. The lowest BCUT2D eigenvalue weighted by Gasteiger charge is -2.13. The number of fused-ring (bicyclic) bond motifs is 1. The third kappa shape index (κ3) is 7.16. The Labute approximate surface area is 250 Å². The number of aromatic hydroxyl groups is 1. The predicted molar refractivity (Wildman–Crippen MR) is 159 cm³/mol. The van der Waals surface area contributed by atoms with Crippen molar-refractivity contribution in [1.29, 1.82) is 0 Å². The first kappa shape index (κ1) is 31.5. The fourth-order valence-electron chi connectivity index (χ4n) is 3.80. The largest absolute Gasteiger partial charge is 0.505 e. The molecule has 0 spiro atoms. The fourth-order valence-corrected chi connectivity index (χ4v) is 5.49. The van der Waals surface area contributed by atoms with Crippen LogP contribution in [-0.4, -0.2) is 33.6 Å². The molecule has 0 saturated carbocycles. The van der Waals surface area contributed by atoms with Gasteiger partial charge in [-0.05, 0) is 66.4 Å².